The van der Waals surface area contributed by atoms with E-state index < -0.39 is 0 Å². The lowest BCUT2D eigenvalue weighted by atomic mass is 9.94. The molecule has 0 saturated carbocycles. The summed E-state index contributed by atoms with van der Waals surface area (Å²) in [7, 11) is 1.35. The predicted octanol–water partition coefficient (Wildman–Crippen LogP) is 2.10. The van der Waals surface area contributed by atoms with E-state index in [0.29, 0.717) is 11.1 Å². The highest BCUT2D eigenvalue weighted by atomic mass is 16.5. The van der Waals surface area contributed by atoms with Gasteiger partial charge in [0.1, 0.15) is 0 Å². The number of hydrogen-bond donors (Lipinski definition) is 2. The van der Waals surface area contributed by atoms with Gasteiger partial charge in [0.2, 0.25) is 0 Å². The summed E-state index contributed by atoms with van der Waals surface area (Å²) in [5.41, 5.74) is 3.31. The van der Waals surface area contributed by atoms with Gasteiger partial charge in [0.15, 0.2) is 0 Å². The lowest BCUT2D eigenvalue weighted by molar-refractivity contribution is 0.0600. The molecule has 2 aromatic carbocycles. The number of aromatic amines is 2. The number of benzene rings is 2. The summed E-state index contributed by atoms with van der Waals surface area (Å²) in [4.78, 5) is 28.6. The highest BCUT2D eigenvalue weighted by Crippen LogP contribution is 2.25. The number of nitrogens with zero attached hydrogens (tertiary/aromatic N) is 1. The Hall–Kier alpha value is -3.67. The summed E-state index contributed by atoms with van der Waals surface area (Å²) in [5.74, 6) is -0.459. The van der Waals surface area contributed by atoms with E-state index in [0.717, 1.165) is 27.5 Å². The molecule has 0 amide bonds. The van der Waals surface area contributed by atoms with Crippen molar-refractivity contribution in [3.63, 3.8) is 0 Å². The van der Waals surface area contributed by atoms with Crippen LogP contribution < -0.4 is 16.1 Å². The minimum absolute atomic E-state index is 0.0822. The van der Waals surface area contributed by atoms with Gasteiger partial charge in [-0.3, -0.25) is 9.89 Å². The van der Waals surface area contributed by atoms with Crippen LogP contribution in [0.1, 0.15) is 40.0 Å². The van der Waals surface area contributed by atoms with Crippen LogP contribution in [0.4, 0.5) is 0 Å². The third-order valence-corrected chi connectivity index (χ3v) is 4.89. The quantitative estimate of drug-likeness (QED) is 0.687. The van der Waals surface area contributed by atoms with Crippen LogP contribution in [0.15, 0.2) is 64.0 Å². The van der Waals surface area contributed by atoms with E-state index in [2.05, 4.69) is 15.2 Å². The van der Waals surface area contributed by atoms with Crippen molar-refractivity contribution in [2.45, 2.75) is 12.8 Å². The first-order chi connectivity index (χ1) is 13.6. The standard InChI is InChI=1S/C22H19N3O3/c1-13(14-7-9-15(10-8-14)22(27)28-2)20-18(21(26)25-24-20)12-17-11-16-5-3-4-6-19(16)23-17/h3-13H,1-2H3,(H2,24,25,26). The molecule has 1 atom stereocenters. The van der Waals surface area contributed by atoms with Gasteiger partial charge in [0, 0.05) is 11.1 Å². The number of esters is 1. The molecule has 4 rings (SSSR count). The molecule has 3 aromatic rings. The number of carbonyl (C=O) groups is 1. The van der Waals surface area contributed by atoms with E-state index >= 15 is 0 Å². The number of methoxy groups -OCH3 is 1. The maximum atomic E-state index is 12.4. The van der Waals surface area contributed by atoms with E-state index in [1.165, 1.54) is 7.11 Å². The number of rotatable bonds is 4. The van der Waals surface area contributed by atoms with E-state index in [-0.39, 0.29) is 17.4 Å². The van der Waals surface area contributed by atoms with Crippen LogP contribution >= 0.6 is 0 Å². The van der Waals surface area contributed by atoms with Crippen molar-refractivity contribution in [2.24, 2.45) is 4.99 Å². The number of carbonyl (C=O) groups excluding carboxylic acids is 1. The molecule has 140 valence electrons. The summed E-state index contributed by atoms with van der Waals surface area (Å²) in [6, 6.07) is 15.0. The number of H-pyrrole nitrogens is 2. The van der Waals surface area contributed by atoms with Crippen LogP contribution in [0.5, 0.6) is 0 Å². The Morgan fingerprint density at radius 2 is 1.86 bits per heavy atom. The number of nitrogens with one attached hydrogen (secondary N) is 2. The van der Waals surface area contributed by atoms with Gasteiger partial charge in [-0.15, -0.1) is 0 Å². The Balaban J connectivity index is 1.69. The van der Waals surface area contributed by atoms with Crippen LogP contribution in [0.25, 0.3) is 12.2 Å². The van der Waals surface area contributed by atoms with Gasteiger partial charge in [-0.2, -0.15) is 0 Å². The molecule has 6 heteroatoms. The topological polar surface area (TPSA) is 87.3 Å². The Kier molecular flexibility index (Phi) is 4.53. The van der Waals surface area contributed by atoms with Crippen molar-refractivity contribution >= 4 is 18.1 Å². The SMILES string of the molecule is COC(=O)c1ccc(C(C)c2[nH][nH]c(=O)c2C=C2C=c3ccccc3=N2)cc1. The number of allylic oxidation sites excluding steroid dienone is 1. The maximum absolute atomic E-state index is 12.4. The zero-order valence-corrected chi connectivity index (χ0v) is 15.5. The van der Waals surface area contributed by atoms with E-state index in [4.69, 9.17) is 4.74 Å². The smallest absolute Gasteiger partial charge is 0.337 e. The van der Waals surface area contributed by atoms with Crippen molar-refractivity contribution in [1.29, 1.82) is 0 Å². The maximum Gasteiger partial charge on any atom is 0.337 e. The van der Waals surface area contributed by atoms with Gasteiger partial charge in [-0.1, -0.05) is 37.3 Å². The molecule has 1 aliphatic rings. The van der Waals surface area contributed by atoms with Crippen molar-refractivity contribution in [3.05, 3.63) is 97.5 Å². The Labute approximate surface area is 160 Å². The van der Waals surface area contributed by atoms with Gasteiger partial charge in [-0.05, 0) is 35.9 Å². The fourth-order valence-corrected chi connectivity index (χ4v) is 3.32. The number of ether oxygens (including phenoxy) is 1. The summed E-state index contributed by atoms with van der Waals surface area (Å²) in [5, 5.41) is 7.59. The predicted molar refractivity (Wildman–Crippen MR) is 106 cm³/mol. The van der Waals surface area contributed by atoms with Crippen molar-refractivity contribution in [1.82, 2.24) is 10.2 Å². The summed E-state index contributed by atoms with van der Waals surface area (Å²) >= 11 is 0. The number of fused-ring (bicyclic) bond motifs is 1. The molecule has 0 fully saturated rings. The fraction of sp³-hybridized carbons (Fsp3) is 0.136. The van der Waals surface area contributed by atoms with Gasteiger partial charge in [-0.25, -0.2) is 9.79 Å². The fourth-order valence-electron chi connectivity index (χ4n) is 3.32. The first-order valence-electron chi connectivity index (χ1n) is 8.93. The molecule has 0 radical (unpaired) electrons. The zero-order chi connectivity index (χ0) is 19.7. The van der Waals surface area contributed by atoms with Crippen LogP contribution in [0.2, 0.25) is 0 Å². The lowest BCUT2D eigenvalue weighted by Crippen LogP contribution is -2.19. The molecule has 1 aliphatic heterocycles. The highest BCUT2D eigenvalue weighted by molar-refractivity contribution is 5.89. The van der Waals surface area contributed by atoms with E-state index in [1.54, 1.807) is 18.2 Å². The molecule has 6 nitrogen and oxygen atoms in total. The van der Waals surface area contributed by atoms with Crippen molar-refractivity contribution in [2.75, 3.05) is 7.11 Å². The van der Waals surface area contributed by atoms with E-state index in [1.807, 2.05) is 49.4 Å². The van der Waals surface area contributed by atoms with Gasteiger partial charge in [0.25, 0.3) is 5.56 Å². The lowest BCUT2D eigenvalue weighted by Gasteiger charge is -2.12. The molecular formula is C22H19N3O3. The van der Waals surface area contributed by atoms with Crippen molar-refractivity contribution < 1.29 is 9.53 Å². The largest absolute Gasteiger partial charge is 0.465 e. The van der Waals surface area contributed by atoms with Gasteiger partial charge < -0.3 is 9.84 Å². The van der Waals surface area contributed by atoms with Crippen molar-refractivity contribution in [3.8, 4) is 0 Å². The number of hydrogen-bond acceptors (Lipinski definition) is 4. The van der Waals surface area contributed by atoms with Gasteiger partial charge in [0.05, 0.1) is 35.0 Å². The summed E-state index contributed by atoms with van der Waals surface area (Å²) in [6.07, 6.45) is 3.76. The first kappa shape index (κ1) is 17.7. The molecule has 1 unspecified atom stereocenters. The Bertz CT molecular complexity index is 1210. The summed E-state index contributed by atoms with van der Waals surface area (Å²) < 4.78 is 4.73. The minimum atomic E-state index is -0.377. The number of aromatic nitrogens is 2. The third kappa shape index (κ3) is 3.20. The molecule has 1 aromatic heterocycles. The third-order valence-electron chi connectivity index (χ3n) is 4.89. The molecular weight excluding hydrogens is 354 g/mol. The Morgan fingerprint density at radius 3 is 2.57 bits per heavy atom. The molecule has 2 heterocycles. The highest BCUT2D eigenvalue weighted by Gasteiger charge is 2.18. The summed E-state index contributed by atoms with van der Waals surface area (Å²) in [6.45, 7) is 2.00. The molecule has 0 saturated heterocycles. The second kappa shape index (κ2) is 7.15. The van der Waals surface area contributed by atoms with Crippen LogP contribution in [-0.4, -0.2) is 23.3 Å². The average Bonchev–Trinajstić information content (AvgIpc) is 3.30. The molecule has 0 spiro atoms. The van der Waals surface area contributed by atoms with Crippen LogP contribution in [0.3, 0.4) is 0 Å². The average molecular weight is 373 g/mol. The minimum Gasteiger partial charge on any atom is -0.465 e. The Morgan fingerprint density at radius 1 is 1.11 bits per heavy atom. The second-order valence-corrected chi connectivity index (χ2v) is 6.63. The van der Waals surface area contributed by atoms with Gasteiger partial charge >= 0.3 is 5.97 Å². The molecule has 0 bridgehead atoms. The van der Waals surface area contributed by atoms with E-state index in [9.17, 15) is 9.59 Å². The molecule has 0 aliphatic carbocycles. The second-order valence-electron chi connectivity index (χ2n) is 6.63. The van der Waals surface area contributed by atoms with Crippen LogP contribution in [0, 0.1) is 0 Å². The van der Waals surface area contributed by atoms with Crippen LogP contribution in [-0.2, 0) is 4.74 Å². The molecule has 2 N–H and O–H groups in total. The normalized spacial score (nSPS) is 14.9. The molecule has 28 heavy (non-hydrogen) atoms. The monoisotopic (exact) mass is 373 g/mol. The number of para-hydroxylation sites is 1. The first-order valence-corrected chi connectivity index (χ1v) is 8.93. The zero-order valence-electron chi connectivity index (χ0n) is 15.5.